The molecule has 0 bridgehead atoms. The van der Waals surface area contributed by atoms with E-state index < -0.39 is 18.4 Å². The summed E-state index contributed by atoms with van der Waals surface area (Å²) in [6.45, 7) is 5.64. The molecule has 0 amide bonds. The van der Waals surface area contributed by atoms with E-state index in [1.807, 2.05) is 12.1 Å². The number of aromatic nitrogens is 3. The van der Waals surface area contributed by atoms with Crippen molar-refractivity contribution >= 4 is 28.4 Å². The van der Waals surface area contributed by atoms with Gasteiger partial charge in [-0.3, -0.25) is 9.36 Å². The molecule has 1 N–H and O–H groups in total. The standard InChI is InChI=1S/C28H30F2N6O/c1-20(18-28(29,30)22-6-4-3-5-7-22)36-25(37)13-8-21-19-31-27(33-26(21)36)32-23-9-11-24(12-10-23)35-16-14-34(2)15-17-35/h3-13,19-20H,14-18H2,1-2H3,(H,31,32,33). The van der Waals surface area contributed by atoms with Crippen molar-refractivity contribution in [3.63, 3.8) is 0 Å². The molecule has 1 aliphatic heterocycles. The molecule has 5 rings (SSSR count). The summed E-state index contributed by atoms with van der Waals surface area (Å²) in [5.74, 6) is -2.80. The number of nitrogens with zero attached hydrogens (tertiary/aromatic N) is 5. The number of alkyl halides is 2. The molecule has 37 heavy (non-hydrogen) atoms. The first-order valence-electron chi connectivity index (χ1n) is 12.4. The predicted molar refractivity (Wildman–Crippen MR) is 143 cm³/mol. The van der Waals surface area contributed by atoms with E-state index in [0.29, 0.717) is 17.0 Å². The first kappa shape index (κ1) is 24.8. The van der Waals surface area contributed by atoms with Gasteiger partial charge in [0.2, 0.25) is 5.95 Å². The van der Waals surface area contributed by atoms with Gasteiger partial charge in [0, 0.05) is 73.2 Å². The number of hydrogen-bond acceptors (Lipinski definition) is 6. The molecule has 0 radical (unpaired) electrons. The van der Waals surface area contributed by atoms with Crippen molar-refractivity contribution in [1.29, 1.82) is 0 Å². The number of benzene rings is 2. The van der Waals surface area contributed by atoms with Crippen molar-refractivity contribution in [3.8, 4) is 0 Å². The average molecular weight is 505 g/mol. The summed E-state index contributed by atoms with van der Waals surface area (Å²) in [4.78, 5) is 26.4. The minimum Gasteiger partial charge on any atom is -0.369 e. The summed E-state index contributed by atoms with van der Waals surface area (Å²) in [5.41, 5.74) is 1.80. The Balaban J connectivity index is 1.38. The third-order valence-electron chi connectivity index (χ3n) is 6.85. The Labute approximate surface area is 214 Å². The van der Waals surface area contributed by atoms with Gasteiger partial charge in [-0.1, -0.05) is 30.3 Å². The van der Waals surface area contributed by atoms with Gasteiger partial charge in [0.15, 0.2) is 0 Å². The summed E-state index contributed by atoms with van der Waals surface area (Å²) in [6.07, 6.45) is 1.07. The number of anilines is 3. The Kier molecular flexibility index (Phi) is 6.88. The van der Waals surface area contributed by atoms with Crippen LogP contribution in [0, 0.1) is 0 Å². The molecular weight excluding hydrogens is 474 g/mol. The molecule has 1 aliphatic rings. The maximum atomic E-state index is 15.0. The topological polar surface area (TPSA) is 66.3 Å². The number of nitrogens with one attached hydrogen (secondary N) is 1. The van der Waals surface area contributed by atoms with E-state index in [-0.39, 0.29) is 11.1 Å². The van der Waals surface area contributed by atoms with Crippen molar-refractivity contribution in [3.05, 3.63) is 88.8 Å². The normalized spacial score (nSPS) is 15.6. The summed E-state index contributed by atoms with van der Waals surface area (Å²) < 4.78 is 31.4. The third kappa shape index (κ3) is 5.46. The van der Waals surface area contributed by atoms with Crippen molar-refractivity contribution < 1.29 is 8.78 Å². The monoisotopic (exact) mass is 504 g/mol. The molecule has 1 saturated heterocycles. The van der Waals surface area contributed by atoms with Crippen LogP contribution in [0.15, 0.2) is 77.7 Å². The molecule has 3 heterocycles. The Morgan fingerprint density at radius 3 is 2.38 bits per heavy atom. The average Bonchev–Trinajstić information content (AvgIpc) is 2.90. The zero-order chi connectivity index (χ0) is 26.0. The highest BCUT2D eigenvalue weighted by atomic mass is 19.3. The molecule has 1 fully saturated rings. The highest BCUT2D eigenvalue weighted by Crippen LogP contribution is 2.36. The van der Waals surface area contributed by atoms with Gasteiger partial charge in [0.1, 0.15) is 5.65 Å². The van der Waals surface area contributed by atoms with Gasteiger partial charge in [0.25, 0.3) is 11.5 Å². The van der Waals surface area contributed by atoms with E-state index >= 15 is 8.78 Å². The van der Waals surface area contributed by atoms with Gasteiger partial charge in [-0.25, -0.2) is 13.8 Å². The molecule has 0 spiro atoms. The van der Waals surface area contributed by atoms with Gasteiger partial charge in [-0.05, 0) is 44.3 Å². The van der Waals surface area contributed by atoms with Crippen molar-refractivity contribution in [1.82, 2.24) is 19.4 Å². The lowest BCUT2D eigenvalue weighted by Gasteiger charge is -2.34. The first-order valence-corrected chi connectivity index (χ1v) is 12.4. The highest BCUT2D eigenvalue weighted by molar-refractivity contribution is 5.76. The summed E-state index contributed by atoms with van der Waals surface area (Å²) in [6, 6.07) is 17.9. The molecule has 0 saturated carbocycles. The lowest BCUT2D eigenvalue weighted by atomic mass is 10.0. The zero-order valence-electron chi connectivity index (χ0n) is 20.9. The second-order valence-corrected chi connectivity index (χ2v) is 9.60. The molecule has 9 heteroatoms. The molecule has 0 aliphatic carbocycles. The van der Waals surface area contributed by atoms with Crippen LogP contribution >= 0.6 is 0 Å². The summed E-state index contributed by atoms with van der Waals surface area (Å²) in [7, 11) is 2.13. The van der Waals surface area contributed by atoms with E-state index in [2.05, 4.69) is 44.3 Å². The van der Waals surface area contributed by atoms with Crippen LogP contribution in [-0.2, 0) is 5.92 Å². The minimum atomic E-state index is -3.10. The third-order valence-corrected chi connectivity index (χ3v) is 6.85. The van der Waals surface area contributed by atoms with Crippen LogP contribution in [0.4, 0.5) is 26.1 Å². The Morgan fingerprint density at radius 1 is 0.973 bits per heavy atom. The Bertz CT molecular complexity index is 1420. The fourth-order valence-electron chi connectivity index (χ4n) is 4.74. The van der Waals surface area contributed by atoms with Crippen LogP contribution in [-0.4, -0.2) is 52.7 Å². The number of piperazine rings is 1. The maximum absolute atomic E-state index is 15.0. The van der Waals surface area contributed by atoms with Crippen LogP contribution in [0.3, 0.4) is 0 Å². The molecule has 1 unspecified atom stereocenters. The molecular formula is C28H30F2N6O. The van der Waals surface area contributed by atoms with E-state index in [4.69, 9.17) is 0 Å². The van der Waals surface area contributed by atoms with Gasteiger partial charge < -0.3 is 15.1 Å². The molecule has 2 aromatic heterocycles. The second kappa shape index (κ2) is 10.3. The van der Waals surface area contributed by atoms with Crippen LogP contribution in [0.25, 0.3) is 11.0 Å². The minimum absolute atomic E-state index is 0.0767. The molecule has 2 aromatic carbocycles. The highest BCUT2D eigenvalue weighted by Gasteiger charge is 2.34. The number of halogens is 2. The smallest absolute Gasteiger partial charge is 0.275 e. The van der Waals surface area contributed by atoms with Crippen molar-refractivity contribution in [2.24, 2.45) is 0 Å². The fourth-order valence-corrected chi connectivity index (χ4v) is 4.74. The van der Waals surface area contributed by atoms with E-state index in [1.165, 1.54) is 22.8 Å². The summed E-state index contributed by atoms with van der Waals surface area (Å²) >= 11 is 0. The van der Waals surface area contributed by atoms with E-state index in [9.17, 15) is 4.79 Å². The largest absolute Gasteiger partial charge is 0.369 e. The van der Waals surface area contributed by atoms with Crippen molar-refractivity contribution in [2.45, 2.75) is 25.3 Å². The lowest BCUT2D eigenvalue weighted by Crippen LogP contribution is -2.44. The molecule has 1 atom stereocenters. The van der Waals surface area contributed by atoms with Gasteiger partial charge in [-0.2, -0.15) is 4.98 Å². The molecule has 4 aromatic rings. The maximum Gasteiger partial charge on any atom is 0.275 e. The fraction of sp³-hybridized carbons (Fsp3) is 0.321. The van der Waals surface area contributed by atoms with Gasteiger partial charge >= 0.3 is 0 Å². The number of fused-ring (bicyclic) bond motifs is 1. The SMILES string of the molecule is CC(CC(F)(F)c1ccccc1)n1c(=O)ccc2cnc(Nc3ccc(N4CCN(C)CC4)cc3)nc21. The van der Waals surface area contributed by atoms with E-state index in [1.54, 1.807) is 37.4 Å². The first-order chi connectivity index (χ1) is 17.8. The van der Waals surface area contributed by atoms with Gasteiger partial charge in [-0.15, -0.1) is 0 Å². The predicted octanol–water partition coefficient (Wildman–Crippen LogP) is 5.03. The number of rotatable bonds is 7. The van der Waals surface area contributed by atoms with Gasteiger partial charge in [0.05, 0.1) is 0 Å². The van der Waals surface area contributed by atoms with Crippen LogP contribution in [0.2, 0.25) is 0 Å². The summed E-state index contributed by atoms with van der Waals surface area (Å²) in [5, 5.41) is 3.78. The van der Waals surface area contributed by atoms with Crippen molar-refractivity contribution in [2.75, 3.05) is 43.4 Å². The lowest BCUT2D eigenvalue weighted by molar-refractivity contribution is -0.0251. The van der Waals surface area contributed by atoms with Crippen LogP contribution < -0.4 is 15.8 Å². The number of likely N-dealkylation sites (N-methyl/N-ethyl adjacent to an activating group) is 1. The van der Waals surface area contributed by atoms with E-state index in [0.717, 1.165) is 37.6 Å². The van der Waals surface area contributed by atoms with Crippen LogP contribution in [0.1, 0.15) is 24.9 Å². The number of hydrogen-bond donors (Lipinski definition) is 1. The second-order valence-electron chi connectivity index (χ2n) is 9.60. The zero-order valence-corrected chi connectivity index (χ0v) is 20.9. The molecule has 192 valence electrons. The molecule has 7 nitrogen and oxygen atoms in total. The Morgan fingerprint density at radius 2 is 1.68 bits per heavy atom. The van der Waals surface area contributed by atoms with Crippen LogP contribution in [0.5, 0.6) is 0 Å². The quantitative estimate of drug-likeness (QED) is 0.381. The number of pyridine rings is 1. The Hall–Kier alpha value is -3.85.